The standard InChI is InChI=1S/C12H15BrClN3O3S/c13-9-7-8(4-5-10(9)14)21(19,20)17-6-2-1-3-11(17)12(15)16-18/h4-5,7,11,18H,1-3,6H2,(H2,15,16). The molecule has 0 spiro atoms. The summed E-state index contributed by atoms with van der Waals surface area (Å²) < 4.78 is 27.3. The van der Waals surface area contributed by atoms with Gasteiger partial charge in [-0.1, -0.05) is 23.2 Å². The zero-order valence-corrected chi connectivity index (χ0v) is 14.2. The first kappa shape index (κ1) is 16.5. The monoisotopic (exact) mass is 395 g/mol. The summed E-state index contributed by atoms with van der Waals surface area (Å²) >= 11 is 9.11. The molecule has 2 rings (SSSR count). The second kappa shape index (κ2) is 6.51. The fourth-order valence-electron chi connectivity index (χ4n) is 2.33. The van der Waals surface area contributed by atoms with Crippen molar-refractivity contribution in [3.8, 4) is 0 Å². The van der Waals surface area contributed by atoms with E-state index >= 15 is 0 Å². The fourth-order valence-corrected chi connectivity index (χ4v) is 4.67. The van der Waals surface area contributed by atoms with Gasteiger partial charge in [-0.05, 0) is 47.0 Å². The van der Waals surface area contributed by atoms with Gasteiger partial charge in [0.15, 0.2) is 5.84 Å². The van der Waals surface area contributed by atoms with Gasteiger partial charge >= 0.3 is 0 Å². The number of benzene rings is 1. The van der Waals surface area contributed by atoms with Crippen molar-refractivity contribution in [3.05, 3.63) is 27.7 Å². The maximum absolute atomic E-state index is 12.8. The summed E-state index contributed by atoms with van der Waals surface area (Å²) in [6, 6.07) is 3.79. The second-order valence-electron chi connectivity index (χ2n) is 4.73. The molecule has 1 fully saturated rings. The van der Waals surface area contributed by atoms with Crippen molar-refractivity contribution in [2.24, 2.45) is 10.9 Å². The van der Waals surface area contributed by atoms with Crippen LogP contribution in [0.2, 0.25) is 5.02 Å². The summed E-state index contributed by atoms with van der Waals surface area (Å²) in [5.41, 5.74) is 5.63. The summed E-state index contributed by atoms with van der Waals surface area (Å²) in [5.74, 6) is -0.0914. The van der Waals surface area contributed by atoms with Crippen molar-refractivity contribution in [1.29, 1.82) is 0 Å². The highest BCUT2D eigenvalue weighted by Gasteiger charge is 2.36. The molecule has 9 heteroatoms. The Bertz CT molecular complexity index is 666. The first-order chi connectivity index (χ1) is 9.87. The van der Waals surface area contributed by atoms with E-state index in [1.807, 2.05) is 0 Å². The summed E-state index contributed by atoms with van der Waals surface area (Å²) in [4.78, 5) is 0.122. The highest BCUT2D eigenvalue weighted by molar-refractivity contribution is 9.10. The summed E-state index contributed by atoms with van der Waals surface area (Å²) in [7, 11) is -3.73. The number of piperidine rings is 1. The molecule has 0 aromatic heterocycles. The van der Waals surface area contributed by atoms with Gasteiger partial charge in [0.2, 0.25) is 10.0 Å². The first-order valence-electron chi connectivity index (χ1n) is 6.32. The van der Waals surface area contributed by atoms with Gasteiger partial charge in [-0.15, -0.1) is 0 Å². The highest BCUT2D eigenvalue weighted by Crippen LogP contribution is 2.30. The molecule has 0 aliphatic carbocycles. The molecule has 116 valence electrons. The van der Waals surface area contributed by atoms with Crippen LogP contribution in [0.3, 0.4) is 0 Å². The van der Waals surface area contributed by atoms with E-state index in [0.717, 1.165) is 12.8 Å². The van der Waals surface area contributed by atoms with Crippen LogP contribution in [-0.2, 0) is 10.0 Å². The number of amidine groups is 1. The topological polar surface area (TPSA) is 96.0 Å². The molecular formula is C12H15BrClN3O3S. The minimum absolute atomic E-state index is 0.0914. The highest BCUT2D eigenvalue weighted by atomic mass is 79.9. The molecule has 1 aromatic carbocycles. The molecule has 0 bridgehead atoms. The van der Waals surface area contributed by atoms with Gasteiger partial charge in [-0.3, -0.25) is 0 Å². The van der Waals surface area contributed by atoms with Gasteiger partial charge in [-0.2, -0.15) is 4.31 Å². The van der Waals surface area contributed by atoms with Crippen LogP contribution in [0.4, 0.5) is 0 Å². The minimum atomic E-state index is -3.73. The van der Waals surface area contributed by atoms with E-state index in [2.05, 4.69) is 21.1 Å². The van der Waals surface area contributed by atoms with E-state index in [1.165, 1.54) is 22.5 Å². The maximum atomic E-state index is 12.8. The maximum Gasteiger partial charge on any atom is 0.243 e. The van der Waals surface area contributed by atoms with E-state index in [0.29, 0.717) is 22.5 Å². The number of sulfonamides is 1. The van der Waals surface area contributed by atoms with E-state index in [9.17, 15) is 8.42 Å². The van der Waals surface area contributed by atoms with Crippen molar-refractivity contribution in [2.45, 2.75) is 30.2 Å². The van der Waals surface area contributed by atoms with Gasteiger partial charge < -0.3 is 10.9 Å². The summed E-state index contributed by atoms with van der Waals surface area (Å²) in [6.45, 7) is 0.337. The number of rotatable bonds is 3. The summed E-state index contributed by atoms with van der Waals surface area (Å²) in [6.07, 6.45) is 2.10. The number of hydrogen-bond acceptors (Lipinski definition) is 4. The number of nitrogens with two attached hydrogens (primary N) is 1. The Hall–Kier alpha value is -0.830. The third-order valence-corrected chi connectivity index (χ3v) is 6.53. The zero-order chi connectivity index (χ0) is 15.6. The van der Waals surface area contributed by atoms with Crippen molar-refractivity contribution in [2.75, 3.05) is 6.54 Å². The molecule has 3 N–H and O–H groups in total. The molecule has 21 heavy (non-hydrogen) atoms. The Balaban J connectivity index is 2.42. The lowest BCUT2D eigenvalue weighted by Gasteiger charge is -2.33. The zero-order valence-electron chi connectivity index (χ0n) is 11.0. The SMILES string of the molecule is N/C(=N/O)C1CCCCN1S(=O)(=O)c1ccc(Cl)c(Br)c1. The van der Waals surface area contributed by atoms with Crippen LogP contribution in [-0.4, -0.2) is 36.4 Å². The van der Waals surface area contributed by atoms with Crippen molar-refractivity contribution in [1.82, 2.24) is 4.31 Å². The lowest BCUT2D eigenvalue weighted by Crippen LogP contribution is -2.50. The Morgan fingerprint density at radius 2 is 2.19 bits per heavy atom. The van der Waals surface area contributed by atoms with E-state index in [1.54, 1.807) is 0 Å². The van der Waals surface area contributed by atoms with Crippen LogP contribution in [0.1, 0.15) is 19.3 Å². The molecule has 0 saturated carbocycles. The predicted octanol–water partition coefficient (Wildman–Crippen LogP) is 2.39. The normalized spacial score (nSPS) is 21.4. The van der Waals surface area contributed by atoms with Crippen LogP contribution in [0.5, 0.6) is 0 Å². The molecule has 1 aliphatic heterocycles. The molecule has 1 heterocycles. The summed E-state index contributed by atoms with van der Waals surface area (Å²) in [5, 5.41) is 12.2. The first-order valence-corrected chi connectivity index (χ1v) is 8.93. The molecule has 1 atom stereocenters. The number of halogens is 2. The van der Waals surface area contributed by atoms with Gasteiger partial charge in [0.05, 0.1) is 16.0 Å². The minimum Gasteiger partial charge on any atom is -0.409 e. The van der Waals surface area contributed by atoms with Crippen LogP contribution >= 0.6 is 27.5 Å². The third-order valence-electron chi connectivity index (χ3n) is 3.41. The molecule has 0 amide bonds. The Kier molecular flexibility index (Phi) is 5.13. The Labute approximate surface area is 136 Å². The fraction of sp³-hybridized carbons (Fsp3) is 0.417. The number of oxime groups is 1. The van der Waals surface area contributed by atoms with Crippen molar-refractivity contribution < 1.29 is 13.6 Å². The molecule has 6 nitrogen and oxygen atoms in total. The average Bonchev–Trinajstić information content (AvgIpc) is 2.49. The molecular weight excluding hydrogens is 382 g/mol. The van der Waals surface area contributed by atoms with Crippen LogP contribution < -0.4 is 5.73 Å². The smallest absolute Gasteiger partial charge is 0.243 e. The van der Waals surface area contributed by atoms with Crippen LogP contribution in [0, 0.1) is 0 Å². The number of nitrogens with zero attached hydrogens (tertiary/aromatic N) is 2. The van der Waals surface area contributed by atoms with E-state index in [-0.39, 0.29) is 10.7 Å². The van der Waals surface area contributed by atoms with Gasteiger partial charge in [0, 0.05) is 11.0 Å². The lowest BCUT2D eigenvalue weighted by atomic mass is 10.0. The lowest BCUT2D eigenvalue weighted by molar-refractivity contribution is 0.281. The van der Waals surface area contributed by atoms with Crippen LogP contribution in [0.15, 0.2) is 32.7 Å². The molecule has 1 aliphatic rings. The average molecular weight is 397 g/mol. The van der Waals surface area contributed by atoms with Crippen molar-refractivity contribution in [3.63, 3.8) is 0 Å². The predicted molar refractivity (Wildman–Crippen MR) is 84.1 cm³/mol. The Morgan fingerprint density at radius 1 is 1.48 bits per heavy atom. The van der Waals surface area contributed by atoms with Crippen LogP contribution in [0.25, 0.3) is 0 Å². The molecule has 1 unspecified atom stereocenters. The molecule has 1 aromatic rings. The largest absolute Gasteiger partial charge is 0.409 e. The third kappa shape index (κ3) is 3.33. The molecule has 0 radical (unpaired) electrons. The second-order valence-corrected chi connectivity index (χ2v) is 7.88. The molecule has 1 saturated heterocycles. The van der Waals surface area contributed by atoms with E-state index < -0.39 is 16.1 Å². The quantitative estimate of drug-likeness (QED) is 0.355. The van der Waals surface area contributed by atoms with Gasteiger partial charge in [0.25, 0.3) is 0 Å². The van der Waals surface area contributed by atoms with E-state index in [4.69, 9.17) is 22.5 Å². The Morgan fingerprint density at radius 3 is 2.81 bits per heavy atom. The van der Waals surface area contributed by atoms with Gasteiger partial charge in [0.1, 0.15) is 0 Å². The van der Waals surface area contributed by atoms with Gasteiger partial charge in [-0.25, -0.2) is 8.42 Å². The van der Waals surface area contributed by atoms with Crippen molar-refractivity contribution >= 4 is 43.4 Å². The number of hydrogen-bond donors (Lipinski definition) is 2.